The van der Waals surface area contributed by atoms with Gasteiger partial charge < -0.3 is 0 Å². The molecule has 0 atom stereocenters. The van der Waals surface area contributed by atoms with Crippen LogP contribution in [-0.4, -0.2) is 14.9 Å². The number of carbonyl (C=O) groups excluding carboxylic acids is 1. The third kappa shape index (κ3) is 1.57. The lowest BCUT2D eigenvalue weighted by atomic mass is 10.2. The van der Waals surface area contributed by atoms with Crippen LogP contribution in [-0.2, 0) is 0 Å². The molecule has 0 spiro atoms. The highest BCUT2D eigenvalue weighted by atomic mass is 127. The maximum absolute atomic E-state index is 12.1. The van der Waals surface area contributed by atoms with Gasteiger partial charge in [0.1, 0.15) is 0 Å². The number of halogens is 1. The number of hydrogen-bond donors (Lipinski definition) is 0. The van der Waals surface area contributed by atoms with Crippen molar-refractivity contribution < 1.29 is 4.79 Å². The average molecular weight is 335 g/mol. The molecule has 0 aliphatic carbocycles. The molecule has 3 aromatic rings. The van der Waals surface area contributed by atoms with Crippen LogP contribution in [0, 0.1) is 0 Å². The molecular formula is C14H10INO. The van der Waals surface area contributed by atoms with Crippen molar-refractivity contribution in [1.82, 2.24) is 4.57 Å². The van der Waals surface area contributed by atoms with Gasteiger partial charge in [-0.05, 0) is 12.1 Å². The molecule has 1 heterocycles. The highest BCUT2D eigenvalue weighted by Gasteiger charge is 2.13. The minimum atomic E-state index is 0.128. The molecule has 3 rings (SSSR count). The largest absolute Gasteiger partial charge is 0.279 e. The minimum absolute atomic E-state index is 0.128. The van der Waals surface area contributed by atoms with Crippen molar-refractivity contribution >= 4 is 50.3 Å². The summed E-state index contributed by atoms with van der Waals surface area (Å²) in [7, 11) is 0. The van der Waals surface area contributed by atoms with E-state index in [4.69, 9.17) is 0 Å². The van der Waals surface area contributed by atoms with Crippen molar-refractivity contribution in [3.63, 3.8) is 0 Å². The molecule has 0 radical (unpaired) electrons. The molecule has 0 saturated heterocycles. The number of para-hydroxylation sites is 2. The van der Waals surface area contributed by atoms with Gasteiger partial charge in [0, 0.05) is 10.8 Å². The van der Waals surface area contributed by atoms with Crippen molar-refractivity contribution in [1.29, 1.82) is 0 Å². The summed E-state index contributed by atoms with van der Waals surface area (Å²) in [6.07, 6.45) is 0. The lowest BCUT2D eigenvalue weighted by Crippen LogP contribution is -2.10. The van der Waals surface area contributed by atoms with Gasteiger partial charge in [0.05, 0.1) is 15.5 Å². The summed E-state index contributed by atoms with van der Waals surface area (Å²) in [5.74, 6) is 0.128. The Bertz CT molecular complexity index is 661. The first-order chi connectivity index (χ1) is 8.33. The third-order valence-corrected chi connectivity index (χ3v) is 3.60. The summed E-state index contributed by atoms with van der Waals surface area (Å²) in [6, 6.07) is 16.1. The van der Waals surface area contributed by atoms with Crippen LogP contribution < -0.4 is 0 Å². The first-order valence-corrected chi connectivity index (χ1v) is 6.93. The van der Waals surface area contributed by atoms with E-state index in [1.54, 1.807) is 0 Å². The first-order valence-electron chi connectivity index (χ1n) is 5.40. The zero-order valence-corrected chi connectivity index (χ0v) is 11.2. The van der Waals surface area contributed by atoms with Gasteiger partial charge in [-0.15, -0.1) is 0 Å². The van der Waals surface area contributed by atoms with E-state index in [0.29, 0.717) is 4.43 Å². The molecule has 0 unspecified atom stereocenters. The Morgan fingerprint density at radius 1 is 0.941 bits per heavy atom. The molecule has 0 aliphatic heterocycles. The van der Waals surface area contributed by atoms with Crippen LogP contribution in [0.15, 0.2) is 48.5 Å². The van der Waals surface area contributed by atoms with Crippen molar-refractivity contribution in [3.8, 4) is 0 Å². The molecule has 17 heavy (non-hydrogen) atoms. The van der Waals surface area contributed by atoms with Gasteiger partial charge in [0.15, 0.2) is 0 Å². The number of fused-ring (bicyclic) bond motifs is 3. The van der Waals surface area contributed by atoms with E-state index in [1.807, 2.05) is 41.0 Å². The second-order valence-corrected chi connectivity index (χ2v) is 4.66. The van der Waals surface area contributed by atoms with E-state index < -0.39 is 0 Å². The second-order valence-electron chi connectivity index (χ2n) is 3.90. The Morgan fingerprint density at radius 2 is 1.41 bits per heavy atom. The van der Waals surface area contributed by atoms with Gasteiger partial charge in [0.2, 0.25) is 5.91 Å². The van der Waals surface area contributed by atoms with Crippen molar-refractivity contribution in [3.05, 3.63) is 48.5 Å². The molecule has 3 heteroatoms. The van der Waals surface area contributed by atoms with Crippen LogP contribution in [0.25, 0.3) is 21.8 Å². The monoisotopic (exact) mass is 335 g/mol. The Hall–Kier alpha value is -1.36. The minimum Gasteiger partial charge on any atom is -0.279 e. The van der Waals surface area contributed by atoms with Gasteiger partial charge in [-0.25, -0.2) is 0 Å². The van der Waals surface area contributed by atoms with Crippen LogP contribution in [0.2, 0.25) is 0 Å². The van der Waals surface area contributed by atoms with Crippen molar-refractivity contribution in [2.24, 2.45) is 0 Å². The van der Waals surface area contributed by atoms with Gasteiger partial charge >= 0.3 is 0 Å². The van der Waals surface area contributed by atoms with E-state index in [2.05, 4.69) is 34.7 Å². The Labute approximate surface area is 112 Å². The fraction of sp³-hybridized carbons (Fsp3) is 0.0714. The van der Waals surface area contributed by atoms with Crippen molar-refractivity contribution in [2.45, 2.75) is 0 Å². The Kier molecular flexibility index (Phi) is 2.63. The summed E-state index contributed by atoms with van der Waals surface area (Å²) in [6.45, 7) is 0. The molecule has 0 saturated carbocycles. The number of alkyl halides is 1. The average Bonchev–Trinajstić information content (AvgIpc) is 2.72. The van der Waals surface area contributed by atoms with Crippen LogP contribution in [0.4, 0.5) is 0 Å². The molecule has 0 N–H and O–H groups in total. The molecule has 1 aromatic heterocycles. The number of hydrogen-bond acceptors (Lipinski definition) is 1. The summed E-state index contributed by atoms with van der Waals surface area (Å²) in [5.41, 5.74) is 1.99. The summed E-state index contributed by atoms with van der Waals surface area (Å²) >= 11 is 2.11. The lowest BCUT2D eigenvalue weighted by Gasteiger charge is -2.02. The third-order valence-electron chi connectivity index (χ3n) is 2.94. The number of nitrogens with zero attached hydrogens (tertiary/aromatic N) is 1. The van der Waals surface area contributed by atoms with Gasteiger partial charge in [-0.3, -0.25) is 9.36 Å². The smallest absolute Gasteiger partial charge is 0.241 e. The fourth-order valence-corrected chi connectivity index (χ4v) is 2.59. The number of rotatable bonds is 1. The topological polar surface area (TPSA) is 22.0 Å². The quantitative estimate of drug-likeness (QED) is 0.489. The maximum atomic E-state index is 12.1. The molecular weight excluding hydrogens is 325 g/mol. The Balaban J connectivity index is 2.54. The van der Waals surface area contributed by atoms with E-state index in [0.717, 1.165) is 21.8 Å². The van der Waals surface area contributed by atoms with E-state index >= 15 is 0 Å². The molecule has 0 bridgehead atoms. The molecule has 0 aliphatic rings. The number of carbonyl (C=O) groups is 1. The van der Waals surface area contributed by atoms with Gasteiger partial charge in [0.25, 0.3) is 0 Å². The van der Waals surface area contributed by atoms with Crippen LogP contribution in [0.3, 0.4) is 0 Å². The predicted octanol–water partition coefficient (Wildman–Crippen LogP) is 3.87. The molecule has 2 nitrogen and oxygen atoms in total. The maximum Gasteiger partial charge on any atom is 0.241 e. The van der Waals surface area contributed by atoms with E-state index in [1.165, 1.54) is 0 Å². The first kappa shape index (κ1) is 10.8. The number of benzene rings is 2. The normalized spacial score (nSPS) is 11.1. The highest BCUT2D eigenvalue weighted by Crippen LogP contribution is 2.28. The standard InChI is InChI=1S/C14H10INO/c15-9-14(17)16-12-7-3-1-5-10(12)11-6-2-4-8-13(11)16/h1-8H,9H2. The van der Waals surface area contributed by atoms with E-state index in [-0.39, 0.29) is 5.91 Å². The highest BCUT2D eigenvalue weighted by molar-refractivity contribution is 14.1. The number of aromatic nitrogens is 1. The molecule has 84 valence electrons. The predicted molar refractivity (Wildman–Crippen MR) is 79.0 cm³/mol. The van der Waals surface area contributed by atoms with Gasteiger partial charge in [-0.2, -0.15) is 0 Å². The van der Waals surface area contributed by atoms with E-state index in [9.17, 15) is 4.79 Å². The molecule has 0 amide bonds. The summed E-state index contributed by atoms with van der Waals surface area (Å²) < 4.78 is 2.30. The zero-order chi connectivity index (χ0) is 11.8. The van der Waals surface area contributed by atoms with Crippen LogP contribution in [0.1, 0.15) is 4.79 Å². The SMILES string of the molecule is O=C(CI)n1c2ccccc2c2ccccc21. The Morgan fingerprint density at radius 3 is 1.88 bits per heavy atom. The van der Waals surface area contributed by atoms with Crippen molar-refractivity contribution in [2.75, 3.05) is 4.43 Å². The second kappa shape index (κ2) is 4.14. The zero-order valence-electron chi connectivity index (χ0n) is 9.06. The lowest BCUT2D eigenvalue weighted by molar-refractivity contribution is 0.0955. The van der Waals surface area contributed by atoms with Crippen LogP contribution in [0.5, 0.6) is 0 Å². The summed E-state index contributed by atoms with van der Waals surface area (Å²) in [4.78, 5) is 12.1. The molecule has 2 aromatic carbocycles. The fourth-order valence-electron chi connectivity index (χ4n) is 2.25. The summed E-state index contributed by atoms with van der Waals surface area (Å²) in [5, 5.41) is 2.28. The molecule has 0 fully saturated rings. The van der Waals surface area contributed by atoms with Gasteiger partial charge in [-0.1, -0.05) is 59.0 Å². The van der Waals surface area contributed by atoms with Crippen LogP contribution >= 0.6 is 22.6 Å².